The van der Waals surface area contributed by atoms with Gasteiger partial charge in [0.1, 0.15) is 0 Å². The average Bonchev–Trinajstić information content (AvgIpc) is 1.41. The van der Waals surface area contributed by atoms with E-state index in [1.165, 1.54) is 0 Å². The van der Waals surface area contributed by atoms with Gasteiger partial charge in [0.05, 0.1) is 0 Å². The Labute approximate surface area is 32.5 Å². The van der Waals surface area contributed by atoms with Crippen molar-refractivity contribution in [3.63, 3.8) is 0 Å². The van der Waals surface area contributed by atoms with Crippen molar-refractivity contribution < 1.29 is 0 Å². The molecule has 0 aromatic rings. The Hall–Kier alpha value is -0.700. The van der Waals surface area contributed by atoms with Crippen LogP contribution < -0.4 is 0 Å². The second-order valence-electron chi connectivity index (χ2n) is 0.569. The summed E-state index contributed by atoms with van der Waals surface area (Å²) < 4.78 is 0. The van der Waals surface area contributed by atoms with Gasteiger partial charge in [0.25, 0.3) is 0 Å². The molecule has 0 unspecified atom stereocenters. The Bertz CT molecular complexity index is 62.6. The molecule has 0 aliphatic heterocycles. The van der Waals surface area contributed by atoms with E-state index in [9.17, 15) is 0 Å². The molecule has 0 N–H and O–H groups in total. The van der Waals surface area contributed by atoms with Crippen LogP contribution in [-0.2, 0) is 0 Å². The van der Waals surface area contributed by atoms with Crippen LogP contribution in [0.1, 0.15) is 0 Å². The molecule has 0 nitrogen and oxygen atoms in total. The molecule has 0 amide bonds. The zero-order valence-electron chi connectivity index (χ0n) is 2.94. The lowest BCUT2D eigenvalue weighted by molar-refractivity contribution is 2.07. The maximum atomic E-state index is 4.76. The van der Waals surface area contributed by atoms with Crippen molar-refractivity contribution >= 4 is 0 Å². The quantitative estimate of drug-likeness (QED) is 0.369. The molecular formula is C5H5. The van der Waals surface area contributed by atoms with E-state index in [1.54, 1.807) is 12.2 Å². The largest absolute Gasteiger partial charge is 0.115 e. The molecule has 0 rings (SSSR count). The monoisotopic (exact) mass is 65.0 g/mol. The van der Waals surface area contributed by atoms with Gasteiger partial charge in [0, 0.05) is 0 Å². The predicted molar refractivity (Wildman–Crippen MR) is 23.3 cm³/mol. The minimum atomic E-state index is 1.54. The lowest BCUT2D eigenvalue weighted by atomic mass is 10.6. The number of terminal acetylenes is 1. The summed E-state index contributed by atoms with van der Waals surface area (Å²) in [5, 5.41) is 0. The van der Waals surface area contributed by atoms with Gasteiger partial charge in [-0.05, 0) is 13.0 Å². The Kier molecular flexibility index (Phi) is 2.84. The first-order chi connectivity index (χ1) is 2.41. The van der Waals surface area contributed by atoms with Crippen molar-refractivity contribution in [3.05, 3.63) is 19.1 Å². The van der Waals surface area contributed by atoms with Crippen LogP contribution in [0.5, 0.6) is 0 Å². The average molecular weight is 65.1 g/mol. The van der Waals surface area contributed by atoms with Gasteiger partial charge in [0.15, 0.2) is 0 Å². The standard InChI is InChI=1S/C5H5/c1-3-5-4-2/h1,4-5H,2H2/b5-4+. The molecule has 0 bridgehead atoms. The summed E-state index contributed by atoms with van der Waals surface area (Å²) in [7, 11) is 0. The van der Waals surface area contributed by atoms with Crippen molar-refractivity contribution in [1.29, 1.82) is 0 Å². The topological polar surface area (TPSA) is 0 Å². The first kappa shape index (κ1) is 4.30. The van der Waals surface area contributed by atoms with E-state index in [1.807, 2.05) is 0 Å². The molecule has 0 heterocycles. The second kappa shape index (κ2) is 3.30. The van der Waals surface area contributed by atoms with Gasteiger partial charge in [-0.25, -0.2) is 0 Å². The first-order valence-corrected chi connectivity index (χ1v) is 1.32. The predicted octanol–water partition coefficient (Wildman–Crippen LogP) is 1.01. The zero-order chi connectivity index (χ0) is 4.12. The summed E-state index contributed by atoms with van der Waals surface area (Å²) in [5.74, 6) is 2.27. The van der Waals surface area contributed by atoms with Crippen LogP contribution in [0.2, 0.25) is 0 Å². The molecule has 1 radical (unpaired) electrons. The molecule has 0 saturated carbocycles. The molecule has 0 aliphatic carbocycles. The van der Waals surface area contributed by atoms with Crippen LogP contribution in [0.3, 0.4) is 0 Å². The summed E-state index contributed by atoms with van der Waals surface area (Å²) in [6.45, 7) is 3.35. The van der Waals surface area contributed by atoms with Gasteiger partial charge >= 0.3 is 0 Å². The molecule has 0 heteroatoms. The van der Waals surface area contributed by atoms with Gasteiger partial charge < -0.3 is 0 Å². The highest BCUT2D eigenvalue weighted by molar-refractivity contribution is 5.09. The fourth-order valence-electron chi connectivity index (χ4n) is 0.0680. The third kappa shape index (κ3) is 3.30. The summed E-state index contributed by atoms with van der Waals surface area (Å²) in [4.78, 5) is 0. The van der Waals surface area contributed by atoms with E-state index in [-0.39, 0.29) is 0 Å². The SMILES string of the molecule is C#C/C=C/[CH2]. The van der Waals surface area contributed by atoms with Crippen molar-refractivity contribution in [1.82, 2.24) is 0 Å². The van der Waals surface area contributed by atoms with Crippen LogP contribution >= 0.6 is 0 Å². The molecule has 25 valence electrons. The number of rotatable bonds is 0. The second-order valence-corrected chi connectivity index (χ2v) is 0.569. The Balaban J connectivity index is 3.04. The molecular weight excluding hydrogens is 60.1 g/mol. The lowest BCUT2D eigenvalue weighted by Gasteiger charge is -1.51. The summed E-state index contributed by atoms with van der Waals surface area (Å²) in [5.41, 5.74) is 0. The van der Waals surface area contributed by atoms with Crippen molar-refractivity contribution in [3.8, 4) is 12.3 Å². The van der Waals surface area contributed by atoms with Crippen LogP contribution in [0.4, 0.5) is 0 Å². The Morgan fingerprint density at radius 1 is 1.80 bits per heavy atom. The lowest BCUT2D eigenvalue weighted by Crippen LogP contribution is -1.36. The van der Waals surface area contributed by atoms with Crippen molar-refractivity contribution in [2.45, 2.75) is 0 Å². The van der Waals surface area contributed by atoms with E-state index in [2.05, 4.69) is 12.8 Å². The number of hydrogen-bond donors (Lipinski definition) is 0. The van der Waals surface area contributed by atoms with Crippen LogP contribution in [-0.4, -0.2) is 0 Å². The molecule has 0 aromatic heterocycles. The molecule has 0 fully saturated rings. The zero-order valence-corrected chi connectivity index (χ0v) is 2.94. The van der Waals surface area contributed by atoms with E-state index in [4.69, 9.17) is 6.42 Å². The smallest absolute Gasteiger partial charge is 0.0161 e. The van der Waals surface area contributed by atoms with E-state index < -0.39 is 0 Å². The molecule has 5 heavy (non-hydrogen) atoms. The fourth-order valence-corrected chi connectivity index (χ4v) is 0.0680. The maximum Gasteiger partial charge on any atom is -0.0161 e. The van der Waals surface area contributed by atoms with Gasteiger partial charge in [0.2, 0.25) is 0 Å². The minimum absolute atomic E-state index is 1.54. The highest BCUT2D eigenvalue weighted by Gasteiger charge is 1.41. The molecule has 0 aliphatic rings. The highest BCUT2D eigenvalue weighted by Crippen LogP contribution is 1.57. The third-order valence-electron chi connectivity index (χ3n) is 0.214. The molecule has 0 saturated heterocycles. The van der Waals surface area contributed by atoms with E-state index in [0.29, 0.717) is 0 Å². The number of hydrogen-bond acceptors (Lipinski definition) is 0. The summed E-state index contributed by atoms with van der Waals surface area (Å²) in [6, 6.07) is 0. The summed E-state index contributed by atoms with van der Waals surface area (Å²) in [6.07, 6.45) is 7.87. The minimum Gasteiger partial charge on any atom is -0.115 e. The highest BCUT2D eigenvalue weighted by atomic mass is 13.5. The molecule has 0 atom stereocenters. The van der Waals surface area contributed by atoms with Gasteiger partial charge in [-0.3, -0.25) is 0 Å². The van der Waals surface area contributed by atoms with Crippen molar-refractivity contribution in [2.24, 2.45) is 0 Å². The van der Waals surface area contributed by atoms with Crippen LogP contribution in [0.25, 0.3) is 0 Å². The van der Waals surface area contributed by atoms with Crippen LogP contribution in [0.15, 0.2) is 12.2 Å². The van der Waals surface area contributed by atoms with E-state index in [0.717, 1.165) is 0 Å². The normalized spacial score (nSPS) is 8.00. The van der Waals surface area contributed by atoms with E-state index >= 15 is 0 Å². The Morgan fingerprint density at radius 2 is 2.40 bits per heavy atom. The maximum absolute atomic E-state index is 4.76. The van der Waals surface area contributed by atoms with Gasteiger partial charge in [-0.1, -0.05) is 12.0 Å². The van der Waals surface area contributed by atoms with Gasteiger partial charge in [-0.2, -0.15) is 0 Å². The summed E-state index contributed by atoms with van der Waals surface area (Å²) >= 11 is 0. The van der Waals surface area contributed by atoms with Crippen molar-refractivity contribution in [2.75, 3.05) is 0 Å². The molecule has 0 spiro atoms. The fraction of sp³-hybridized carbons (Fsp3) is 0. The third-order valence-corrected chi connectivity index (χ3v) is 0.214. The van der Waals surface area contributed by atoms with Crippen LogP contribution in [0, 0.1) is 19.3 Å². The van der Waals surface area contributed by atoms with Gasteiger partial charge in [-0.15, -0.1) is 6.42 Å². The Morgan fingerprint density at radius 3 is 2.40 bits per heavy atom. The molecule has 0 aromatic carbocycles. The number of allylic oxidation sites excluding steroid dienone is 2. The first-order valence-electron chi connectivity index (χ1n) is 1.32.